The summed E-state index contributed by atoms with van der Waals surface area (Å²) in [5.74, 6) is 1.83. The Labute approximate surface area is 177 Å². The fraction of sp³-hybridized carbons (Fsp3) is 0.682. The molecule has 8 heteroatoms. The number of fused-ring (bicyclic) bond motifs is 4. The van der Waals surface area contributed by atoms with Crippen LogP contribution in [-0.4, -0.2) is 69.1 Å². The van der Waals surface area contributed by atoms with Crippen molar-refractivity contribution in [3.63, 3.8) is 0 Å². The van der Waals surface area contributed by atoms with Gasteiger partial charge in [0.25, 0.3) is 5.91 Å². The van der Waals surface area contributed by atoms with Gasteiger partial charge >= 0.3 is 0 Å². The smallest absolute Gasteiger partial charge is 0.256 e. The number of imidazole rings is 1. The molecule has 1 amide bonds. The number of likely N-dealkylation sites (tertiary alicyclic amines) is 1. The van der Waals surface area contributed by atoms with Gasteiger partial charge in [-0.05, 0) is 51.5 Å². The highest BCUT2D eigenvalue weighted by molar-refractivity contribution is 5.96. The van der Waals surface area contributed by atoms with Crippen LogP contribution in [0.15, 0.2) is 17.0 Å². The zero-order valence-electron chi connectivity index (χ0n) is 17.9. The van der Waals surface area contributed by atoms with Crippen LogP contribution in [0, 0.1) is 25.7 Å². The first-order valence-corrected chi connectivity index (χ1v) is 11.3. The zero-order chi connectivity index (χ0) is 20.7. The molecule has 2 aromatic heterocycles. The number of nitrogens with one attached hydrogen (secondary N) is 2. The van der Waals surface area contributed by atoms with Crippen LogP contribution in [0.25, 0.3) is 0 Å². The summed E-state index contributed by atoms with van der Waals surface area (Å²) in [6.07, 6.45) is 8.83. The summed E-state index contributed by atoms with van der Waals surface area (Å²) in [6, 6.07) is 1.03. The first-order chi connectivity index (χ1) is 14.6. The second-order valence-corrected chi connectivity index (χ2v) is 9.30. The molecule has 3 saturated heterocycles. The van der Waals surface area contributed by atoms with Crippen LogP contribution in [0.1, 0.15) is 53.2 Å². The predicted octanol–water partition coefficient (Wildman–Crippen LogP) is 2.12. The van der Waals surface area contributed by atoms with E-state index in [4.69, 9.17) is 4.52 Å². The second kappa shape index (κ2) is 8.15. The Morgan fingerprint density at radius 2 is 2.17 bits per heavy atom. The van der Waals surface area contributed by atoms with Gasteiger partial charge in [0.05, 0.1) is 12.0 Å². The number of carbonyl (C=O) groups excluding carboxylic acids is 1. The highest BCUT2D eigenvalue weighted by atomic mass is 16.5. The van der Waals surface area contributed by atoms with Crippen LogP contribution in [0.2, 0.25) is 0 Å². The summed E-state index contributed by atoms with van der Waals surface area (Å²) >= 11 is 0. The third kappa shape index (κ3) is 3.67. The van der Waals surface area contributed by atoms with E-state index in [1.165, 1.54) is 31.4 Å². The molecule has 4 atom stereocenters. The number of H-pyrrole nitrogens is 1. The molecule has 5 rings (SSSR count). The minimum absolute atomic E-state index is 0.0629. The lowest BCUT2D eigenvalue weighted by Crippen LogP contribution is -2.65. The van der Waals surface area contributed by atoms with Crippen LogP contribution in [0.5, 0.6) is 0 Å². The van der Waals surface area contributed by atoms with E-state index in [-0.39, 0.29) is 5.91 Å². The van der Waals surface area contributed by atoms with Gasteiger partial charge < -0.3 is 14.8 Å². The highest BCUT2D eigenvalue weighted by Gasteiger charge is 2.47. The van der Waals surface area contributed by atoms with Crippen molar-refractivity contribution in [2.24, 2.45) is 11.8 Å². The minimum Gasteiger partial charge on any atom is -0.361 e. The SMILES string of the molecule is Cc1noc(C)c1C(=O)NC[C@H]1[C@H]2C[C@H](CN(Cc3cnc[nH]3)C2)[C@@H]2CCCCN21. The van der Waals surface area contributed by atoms with Gasteiger partial charge in [-0.3, -0.25) is 14.6 Å². The molecule has 30 heavy (non-hydrogen) atoms. The summed E-state index contributed by atoms with van der Waals surface area (Å²) < 4.78 is 5.19. The van der Waals surface area contributed by atoms with Crippen LogP contribution in [0.3, 0.4) is 0 Å². The van der Waals surface area contributed by atoms with Gasteiger partial charge in [-0.25, -0.2) is 4.98 Å². The molecule has 0 saturated carbocycles. The lowest BCUT2D eigenvalue weighted by molar-refractivity contribution is -0.0719. The summed E-state index contributed by atoms with van der Waals surface area (Å²) in [6.45, 7) is 8.64. The maximum atomic E-state index is 12.8. The lowest BCUT2D eigenvalue weighted by atomic mass is 9.72. The highest BCUT2D eigenvalue weighted by Crippen LogP contribution is 2.41. The van der Waals surface area contributed by atoms with Gasteiger partial charge in [0.1, 0.15) is 11.3 Å². The van der Waals surface area contributed by atoms with E-state index in [1.54, 1.807) is 13.3 Å². The quantitative estimate of drug-likeness (QED) is 0.782. The normalized spacial score (nSPS) is 29.5. The first kappa shape index (κ1) is 19.8. The van der Waals surface area contributed by atoms with Gasteiger partial charge in [-0.2, -0.15) is 0 Å². The molecule has 2 bridgehead atoms. The van der Waals surface area contributed by atoms with Gasteiger partial charge in [-0.15, -0.1) is 0 Å². The summed E-state index contributed by atoms with van der Waals surface area (Å²) in [4.78, 5) is 25.6. The topological polar surface area (TPSA) is 90.3 Å². The number of rotatable bonds is 5. The zero-order valence-corrected chi connectivity index (χ0v) is 17.9. The fourth-order valence-electron chi connectivity index (χ4n) is 6.12. The fourth-order valence-corrected chi connectivity index (χ4v) is 6.12. The van der Waals surface area contributed by atoms with Crippen molar-refractivity contribution < 1.29 is 9.32 Å². The predicted molar refractivity (Wildman–Crippen MR) is 112 cm³/mol. The standard InChI is InChI=1S/C22H32N6O2/c1-14-21(15(2)30-26-14)22(29)24-9-20-17-7-16(19-5-3-4-6-28(19)20)10-27(11-17)12-18-8-23-13-25-18/h8,13,16-17,19-20H,3-7,9-12H2,1-2H3,(H,23,25)(H,24,29)/t16-,17+,19+,20+/m1/s1. The molecule has 2 N–H and O–H groups in total. The monoisotopic (exact) mass is 412 g/mol. The van der Waals surface area contributed by atoms with Crippen molar-refractivity contribution in [2.45, 2.75) is 58.2 Å². The molecular formula is C22H32N6O2. The van der Waals surface area contributed by atoms with E-state index in [0.29, 0.717) is 41.6 Å². The number of aryl methyl sites for hydroxylation is 2. The van der Waals surface area contributed by atoms with Crippen LogP contribution in [0.4, 0.5) is 0 Å². The molecule has 2 aromatic rings. The number of hydrogen-bond donors (Lipinski definition) is 2. The number of aromatic amines is 1. The summed E-state index contributed by atoms with van der Waals surface area (Å²) in [5, 5.41) is 7.15. The molecular weight excluding hydrogens is 380 g/mol. The first-order valence-electron chi connectivity index (χ1n) is 11.3. The Morgan fingerprint density at radius 1 is 1.30 bits per heavy atom. The van der Waals surface area contributed by atoms with Crippen molar-refractivity contribution in [2.75, 3.05) is 26.2 Å². The van der Waals surface area contributed by atoms with Crippen molar-refractivity contribution >= 4 is 5.91 Å². The van der Waals surface area contributed by atoms with E-state index in [9.17, 15) is 4.79 Å². The number of piperidine rings is 3. The Bertz CT molecular complexity index is 859. The average Bonchev–Trinajstić information content (AvgIpc) is 3.37. The van der Waals surface area contributed by atoms with Crippen molar-refractivity contribution in [1.29, 1.82) is 0 Å². The third-order valence-electron chi connectivity index (χ3n) is 7.38. The molecule has 0 radical (unpaired) electrons. The Morgan fingerprint density at radius 3 is 2.93 bits per heavy atom. The largest absolute Gasteiger partial charge is 0.361 e. The molecule has 3 fully saturated rings. The third-order valence-corrected chi connectivity index (χ3v) is 7.38. The van der Waals surface area contributed by atoms with E-state index >= 15 is 0 Å². The molecule has 0 aromatic carbocycles. The Kier molecular flexibility index (Phi) is 5.37. The molecule has 8 nitrogen and oxygen atoms in total. The number of hydrogen-bond acceptors (Lipinski definition) is 6. The maximum Gasteiger partial charge on any atom is 0.256 e. The number of aromatic nitrogens is 3. The van der Waals surface area contributed by atoms with Gasteiger partial charge in [0.2, 0.25) is 0 Å². The van der Waals surface area contributed by atoms with Gasteiger partial charge in [0, 0.05) is 50.2 Å². The average molecular weight is 413 g/mol. The Hall–Kier alpha value is -2.19. The van der Waals surface area contributed by atoms with Crippen molar-refractivity contribution in [3.05, 3.63) is 35.2 Å². The lowest BCUT2D eigenvalue weighted by Gasteiger charge is -2.56. The van der Waals surface area contributed by atoms with E-state index in [0.717, 1.165) is 32.1 Å². The summed E-state index contributed by atoms with van der Waals surface area (Å²) in [7, 11) is 0. The minimum atomic E-state index is -0.0629. The van der Waals surface area contributed by atoms with Crippen LogP contribution < -0.4 is 5.32 Å². The number of carbonyl (C=O) groups is 1. The maximum absolute atomic E-state index is 12.8. The van der Waals surface area contributed by atoms with Gasteiger partial charge in [0.15, 0.2) is 0 Å². The molecule has 162 valence electrons. The molecule has 3 aliphatic heterocycles. The van der Waals surface area contributed by atoms with E-state index in [2.05, 4.69) is 30.2 Å². The van der Waals surface area contributed by atoms with Crippen LogP contribution in [-0.2, 0) is 6.54 Å². The molecule has 0 aliphatic carbocycles. The number of amides is 1. The van der Waals surface area contributed by atoms with Crippen molar-refractivity contribution in [1.82, 2.24) is 30.2 Å². The van der Waals surface area contributed by atoms with E-state index in [1.807, 2.05) is 13.1 Å². The number of nitrogens with zero attached hydrogens (tertiary/aromatic N) is 4. The molecule has 3 aliphatic rings. The summed E-state index contributed by atoms with van der Waals surface area (Å²) in [5.41, 5.74) is 2.43. The van der Waals surface area contributed by atoms with E-state index < -0.39 is 0 Å². The van der Waals surface area contributed by atoms with Crippen molar-refractivity contribution in [3.8, 4) is 0 Å². The molecule has 0 unspecified atom stereocenters. The van der Waals surface area contributed by atoms with Gasteiger partial charge in [-0.1, -0.05) is 11.6 Å². The second-order valence-electron chi connectivity index (χ2n) is 9.30. The molecule has 5 heterocycles. The van der Waals surface area contributed by atoms with Crippen LogP contribution >= 0.6 is 0 Å². The molecule has 0 spiro atoms. The Balaban J connectivity index is 1.31.